The molecular formula is C75H140O6. The molecular weight excluding hydrogens is 997 g/mol. The van der Waals surface area contributed by atoms with Crippen molar-refractivity contribution in [1.82, 2.24) is 0 Å². The van der Waals surface area contributed by atoms with Gasteiger partial charge in [-0.2, -0.15) is 0 Å². The van der Waals surface area contributed by atoms with E-state index in [-0.39, 0.29) is 31.1 Å². The number of esters is 3. The van der Waals surface area contributed by atoms with Crippen molar-refractivity contribution in [3.05, 3.63) is 36.5 Å². The highest BCUT2D eigenvalue weighted by Gasteiger charge is 2.19. The summed E-state index contributed by atoms with van der Waals surface area (Å²) in [5.41, 5.74) is 0. The number of hydrogen-bond donors (Lipinski definition) is 0. The number of unbranched alkanes of at least 4 members (excludes halogenated alkanes) is 51. The molecule has 0 aromatic carbocycles. The van der Waals surface area contributed by atoms with Crippen molar-refractivity contribution in [2.45, 2.75) is 412 Å². The van der Waals surface area contributed by atoms with Crippen LogP contribution in [0.1, 0.15) is 406 Å². The molecule has 0 spiro atoms. The predicted molar refractivity (Wildman–Crippen MR) is 353 cm³/mol. The molecule has 0 rings (SSSR count). The van der Waals surface area contributed by atoms with Crippen molar-refractivity contribution in [3.63, 3.8) is 0 Å². The van der Waals surface area contributed by atoms with Crippen molar-refractivity contribution >= 4 is 17.9 Å². The molecule has 1 atom stereocenters. The Kier molecular flexibility index (Phi) is 68.1. The Morgan fingerprint density at radius 3 is 0.716 bits per heavy atom. The lowest BCUT2D eigenvalue weighted by Crippen LogP contribution is -2.30. The van der Waals surface area contributed by atoms with E-state index in [0.29, 0.717) is 19.3 Å². The van der Waals surface area contributed by atoms with Gasteiger partial charge in [0.05, 0.1) is 0 Å². The van der Waals surface area contributed by atoms with E-state index in [4.69, 9.17) is 14.2 Å². The summed E-state index contributed by atoms with van der Waals surface area (Å²) in [7, 11) is 0. The smallest absolute Gasteiger partial charge is 0.306 e. The lowest BCUT2D eigenvalue weighted by Gasteiger charge is -2.18. The Labute approximate surface area is 506 Å². The molecule has 0 aliphatic carbocycles. The predicted octanol–water partition coefficient (Wildman–Crippen LogP) is 25.1. The molecule has 476 valence electrons. The standard InChI is InChI=1S/C75H140O6/c1-4-7-10-13-16-19-22-25-28-29-30-31-32-33-34-35-36-37-38-39-40-41-42-43-44-45-48-50-53-56-59-62-65-68-74(77)80-71-72(81-75(78)69-66-63-60-57-54-51-47-27-24-21-18-15-12-9-6-3)70-79-73(76)67-64-61-58-55-52-49-46-26-23-20-17-14-11-8-5-2/h18,21,27,29-30,47,72H,4-17,19-20,22-26,28,31-46,48-71H2,1-3H3/b21-18-,30-29-,47-27-. The average molecular weight is 1140 g/mol. The monoisotopic (exact) mass is 1140 g/mol. The molecule has 0 amide bonds. The van der Waals surface area contributed by atoms with E-state index in [1.54, 1.807) is 0 Å². The molecule has 0 aliphatic heterocycles. The van der Waals surface area contributed by atoms with Crippen LogP contribution in [0, 0.1) is 0 Å². The second kappa shape index (κ2) is 70.1. The molecule has 81 heavy (non-hydrogen) atoms. The topological polar surface area (TPSA) is 78.9 Å². The van der Waals surface area contributed by atoms with E-state index >= 15 is 0 Å². The van der Waals surface area contributed by atoms with Crippen molar-refractivity contribution in [2.24, 2.45) is 0 Å². The van der Waals surface area contributed by atoms with Crippen LogP contribution >= 0.6 is 0 Å². The van der Waals surface area contributed by atoms with Gasteiger partial charge in [-0.3, -0.25) is 14.4 Å². The van der Waals surface area contributed by atoms with Gasteiger partial charge in [-0.15, -0.1) is 0 Å². The van der Waals surface area contributed by atoms with Gasteiger partial charge in [0.15, 0.2) is 6.10 Å². The number of carbonyl (C=O) groups is 3. The maximum Gasteiger partial charge on any atom is 0.306 e. The third kappa shape index (κ3) is 68.3. The van der Waals surface area contributed by atoms with Crippen LogP contribution in [0.3, 0.4) is 0 Å². The summed E-state index contributed by atoms with van der Waals surface area (Å²) in [6.45, 7) is 6.67. The summed E-state index contributed by atoms with van der Waals surface area (Å²) >= 11 is 0. The van der Waals surface area contributed by atoms with Crippen LogP contribution in [0.25, 0.3) is 0 Å². The fourth-order valence-corrected chi connectivity index (χ4v) is 11.1. The molecule has 0 heterocycles. The van der Waals surface area contributed by atoms with Gasteiger partial charge in [0.25, 0.3) is 0 Å². The van der Waals surface area contributed by atoms with Gasteiger partial charge in [-0.25, -0.2) is 0 Å². The van der Waals surface area contributed by atoms with Gasteiger partial charge < -0.3 is 14.2 Å². The highest BCUT2D eigenvalue weighted by Crippen LogP contribution is 2.19. The molecule has 0 fully saturated rings. The fourth-order valence-electron chi connectivity index (χ4n) is 11.1. The summed E-state index contributed by atoms with van der Waals surface area (Å²) in [6.07, 6.45) is 87.7. The van der Waals surface area contributed by atoms with E-state index in [1.165, 1.54) is 289 Å². The minimum Gasteiger partial charge on any atom is -0.462 e. The Balaban J connectivity index is 4.11. The Morgan fingerprint density at radius 1 is 0.247 bits per heavy atom. The average Bonchev–Trinajstić information content (AvgIpc) is 3.47. The van der Waals surface area contributed by atoms with E-state index in [1.807, 2.05) is 0 Å². The number of allylic oxidation sites excluding steroid dienone is 6. The first-order valence-electron chi connectivity index (χ1n) is 36.5. The highest BCUT2D eigenvalue weighted by atomic mass is 16.6. The molecule has 0 saturated heterocycles. The van der Waals surface area contributed by atoms with E-state index in [9.17, 15) is 14.4 Å². The van der Waals surface area contributed by atoms with Crippen LogP contribution < -0.4 is 0 Å². The van der Waals surface area contributed by atoms with Gasteiger partial charge >= 0.3 is 17.9 Å². The first-order chi connectivity index (χ1) is 40.0. The largest absolute Gasteiger partial charge is 0.462 e. The van der Waals surface area contributed by atoms with E-state index in [2.05, 4.69) is 57.2 Å². The molecule has 0 aromatic heterocycles. The zero-order valence-corrected chi connectivity index (χ0v) is 54.8. The summed E-state index contributed by atoms with van der Waals surface area (Å²) < 4.78 is 17.0. The summed E-state index contributed by atoms with van der Waals surface area (Å²) in [5, 5.41) is 0. The second-order valence-corrected chi connectivity index (χ2v) is 24.9. The van der Waals surface area contributed by atoms with Crippen molar-refractivity contribution in [3.8, 4) is 0 Å². The highest BCUT2D eigenvalue weighted by molar-refractivity contribution is 5.71. The van der Waals surface area contributed by atoms with Crippen LogP contribution in [0.2, 0.25) is 0 Å². The third-order valence-electron chi connectivity index (χ3n) is 16.6. The zero-order valence-electron chi connectivity index (χ0n) is 54.8. The van der Waals surface area contributed by atoms with Gasteiger partial charge in [-0.1, -0.05) is 346 Å². The molecule has 6 nitrogen and oxygen atoms in total. The molecule has 1 unspecified atom stereocenters. The van der Waals surface area contributed by atoms with Crippen molar-refractivity contribution in [1.29, 1.82) is 0 Å². The number of hydrogen-bond acceptors (Lipinski definition) is 6. The first kappa shape index (κ1) is 78.6. The van der Waals surface area contributed by atoms with Gasteiger partial charge in [0.1, 0.15) is 13.2 Å². The lowest BCUT2D eigenvalue weighted by molar-refractivity contribution is -0.167. The quantitative estimate of drug-likeness (QED) is 0.0261. The molecule has 0 N–H and O–H groups in total. The summed E-state index contributed by atoms with van der Waals surface area (Å²) in [4.78, 5) is 38.4. The molecule has 0 saturated carbocycles. The first-order valence-corrected chi connectivity index (χ1v) is 36.5. The van der Waals surface area contributed by atoms with Crippen LogP contribution in [0.4, 0.5) is 0 Å². The Bertz CT molecular complexity index is 1350. The maximum atomic E-state index is 12.9. The maximum absolute atomic E-state index is 12.9. The lowest BCUT2D eigenvalue weighted by atomic mass is 10.0. The minimum absolute atomic E-state index is 0.0721. The van der Waals surface area contributed by atoms with Crippen molar-refractivity contribution in [2.75, 3.05) is 13.2 Å². The van der Waals surface area contributed by atoms with E-state index < -0.39 is 6.10 Å². The van der Waals surface area contributed by atoms with Crippen LogP contribution in [0.5, 0.6) is 0 Å². The minimum atomic E-state index is -0.777. The van der Waals surface area contributed by atoms with Crippen LogP contribution in [-0.4, -0.2) is 37.2 Å². The van der Waals surface area contributed by atoms with Gasteiger partial charge in [0, 0.05) is 19.3 Å². The Morgan fingerprint density at radius 2 is 0.444 bits per heavy atom. The van der Waals surface area contributed by atoms with Crippen LogP contribution in [-0.2, 0) is 28.6 Å². The number of rotatable bonds is 68. The summed E-state index contributed by atoms with van der Waals surface area (Å²) in [6, 6.07) is 0. The van der Waals surface area contributed by atoms with Gasteiger partial charge in [-0.05, 0) is 77.0 Å². The number of carbonyl (C=O) groups excluding carboxylic acids is 3. The molecule has 0 aromatic rings. The normalized spacial score (nSPS) is 12.2. The fraction of sp³-hybridized carbons (Fsp3) is 0.880. The molecule has 0 aliphatic rings. The molecule has 0 bridgehead atoms. The third-order valence-corrected chi connectivity index (χ3v) is 16.6. The molecule has 6 heteroatoms. The summed E-state index contributed by atoms with van der Waals surface area (Å²) in [5.74, 6) is -0.857. The SMILES string of the molecule is CCCCC/C=C\C/C=C\CCCCCCCC(=O)OC(COC(=O)CCCCCCCCCCCCCCCCC)COC(=O)CCCCCCCCCCCCCCCCCCCCCCC/C=C\CCCCCCCCCC. The number of ether oxygens (including phenoxy) is 3. The Hall–Kier alpha value is -2.37. The molecule has 0 radical (unpaired) electrons. The van der Waals surface area contributed by atoms with Crippen LogP contribution in [0.15, 0.2) is 36.5 Å². The van der Waals surface area contributed by atoms with E-state index in [0.717, 1.165) is 77.0 Å². The van der Waals surface area contributed by atoms with Gasteiger partial charge in [0.2, 0.25) is 0 Å². The van der Waals surface area contributed by atoms with Crippen molar-refractivity contribution < 1.29 is 28.6 Å². The zero-order chi connectivity index (χ0) is 58.5. The second-order valence-electron chi connectivity index (χ2n) is 24.9.